The van der Waals surface area contributed by atoms with E-state index in [0.29, 0.717) is 56.7 Å². The minimum Gasteiger partial charge on any atom is -0.493 e. The van der Waals surface area contributed by atoms with Crippen LogP contribution in [0.25, 0.3) is 6.08 Å². The van der Waals surface area contributed by atoms with E-state index in [-0.39, 0.29) is 17.7 Å². The molecule has 0 saturated carbocycles. The number of thiazole rings is 1. The van der Waals surface area contributed by atoms with Gasteiger partial charge in [-0.25, -0.2) is 9.79 Å². The molecule has 0 unspecified atom stereocenters. The summed E-state index contributed by atoms with van der Waals surface area (Å²) < 4.78 is 30.6. The molecule has 0 amide bonds. The predicted molar refractivity (Wildman–Crippen MR) is 160 cm³/mol. The highest BCUT2D eigenvalue weighted by molar-refractivity contribution is 14.1. The van der Waals surface area contributed by atoms with Gasteiger partial charge in [-0.05, 0) is 72.3 Å². The molecular formula is C29H27IN2O7S. The molecule has 1 aliphatic heterocycles. The number of nitrogens with zero attached hydrogens (tertiary/aromatic N) is 2. The Kier molecular flexibility index (Phi) is 9.54. The summed E-state index contributed by atoms with van der Waals surface area (Å²) in [5.74, 6) is 3.84. The number of rotatable bonds is 10. The highest BCUT2D eigenvalue weighted by Crippen LogP contribution is 2.36. The third kappa shape index (κ3) is 5.88. The van der Waals surface area contributed by atoms with Crippen molar-refractivity contribution >= 4 is 46.0 Å². The van der Waals surface area contributed by atoms with Crippen LogP contribution in [0.3, 0.4) is 0 Å². The number of aromatic nitrogens is 1. The molecule has 0 aliphatic carbocycles. The van der Waals surface area contributed by atoms with E-state index in [9.17, 15) is 9.59 Å². The van der Waals surface area contributed by atoms with Crippen LogP contribution < -0.4 is 33.8 Å². The van der Waals surface area contributed by atoms with E-state index in [4.69, 9.17) is 30.1 Å². The fourth-order valence-corrected chi connectivity index (χ4v) is 5.82. The Morgan fingerprint density at radius 1 is 1.12 bits per heavy atom. The molecule has 4 rings (SSSR count). The van der Waals surface area contributed by atoms with Gasteiger partial charge in [0.05, 0.1) is 43.6 Å². The van der Waals surface area contributed by atoms with E-state index in [2.05, 4.69) is 33.5 Å². The van der Waals surface area contributed by atoms with Gasteiger partial charge in [-0.3, -0.25) is 9.36 Å². The maximum absolute atomic E-state index is 13.9. The lowest BCUT2D eigenvalue weighted by atomic mass is 9.97. The Labute approximate surface area is 248 Å². The summed E-state index contributed by atoms with van der Waals surface area (Å²) in [5, 5.41) is 0. The molecule has 0 spiro atoms. The van der Waals surface area contributed by atoms with Gasteiger partial charge in [0.25, 0.3) is 5.56 Å². The van der Waals surface area contributed by atoms with Crippen LogP contribution in [0, 0.1) is 15.9 Å². The first kappa shape index (κ1) is 29.2. The zero-order chi connectivity index (χ0) is 28.8. The molecule has 0 bridgehead atoms. The largest absolute Gasteiger partial charge is 0.493 e. The number of carbonyl (C=O) groups excluding carboxylic acids is 1. The monoisotopic (exact) mass is 674 g/mol. The maximum atomic E-state index is 13.9. The van der Waals surface area contributed by atoms with Crippen molar-refractivity contribution in [3.63, 3.8) is 0 Å². The summed E-state index contributed by atoms with van der Waals surface area (Å²) in [4.78, 5) is 31.6. The van der Waals surface area contributed by atoms with Crippen LogP contribution in [0.4, 0.5) is 0 Å². The molecule has 1 aliphatic rings. The molecule has 0 radical (unpaired) electrons. The molecule has 11 heteroatoms. The van der Waals surface area contributed by atoms with Gasteiger partial charge in [0, 0.05) is 15.3 Å². The van der Waals surface area contributed by atoms with E-state index < -0.39 is 12.0 Å². The van der Waals surface area contributed by atoms with Gasteiger partial charge in [-0.1, -0.05) is 23.3 Å². The predicted octanol–water partition coefficient (Wildman–Crippen LogP) is 3.44. The summed E-state index contributed by atoms with van der Waals surface area (Å²) in [6, 6.07) is 8.22. The number of fused-ring (bicyclic) bond motifs is 1. The van der Waals surface area contributed by atoms with Gasteiger partial charge in [0.15, 0.2) is 27.8 Å². The Morgan fingerprint density at radius 2 is 1.88 bits per heavy atom. The minimum absolute atomic E-state index is 0.0292. The smallest absolute Gasteiger partial charge is 0.337 e. The van der Waals surface area contributed by atoms with Gasteiger partial charge in [0.1, 0.15) is 6.61 Å². The molecule has 208 valence electrons. The second-order valence-electron chi connectivity index (χ2n) is 8.27. The van der Waals surface area contributed by atoms with E-state index in [1.807, 2.05) is 26.0 Å². The lowest BCUT2D eigenvalue weighted by Crippen LogP contribution is -2.39. The molecule has 1 atom stereocenters. The number of methoxy groups -OCH3 is 2. The van der Waals surface area contributed by atoms with Crippen molar-refractivity contribution in [1.29, 1.82) is 0 Å². The third-order valence-electron chi connectivity index (χ3n) is 5.86. The van der Waals surface area contributed by atoms with Gasteiger partial charge in [0.2, 0.25) is 0 Å². The maximum Gasteiger partial charge on any atom is 0.337 e. The molecule has 0 saturated heterocycles. The average molecular weight is 675 g/mol. The van der Waals surface area contributed by atoms with Crippen LogP contribution in [-0.4, -0.2) is 44.6 Å². The van der Waals surface area contributed by atoms with Crippen molar-refractivity contribution in [2.45, 2.75) is 19.9 Å². The molecule has 0 N–H and O–H groups in total. The van der Waals surface area contributed by atoms with Gasteiger partial charge < -0.3 is 23.7 Å². The molecule has 9 nitrogen and oxygen atoms in total. The fourth-order valence-electron chi connectivity index (χ4n) is 4.24. The number of benzene rings is 2. The van der Waals surface area contributed by atoms with Gasteiger partial charge in [-0.2, -0.15) is 0 Å². The summed E-state index contributed by atoms with van der Waals surface area (Å²) in [6.07, 6.45) is 8.57. The SMILES string of the molecule is C#CCOc1c(/C=c2/sc3n(c2=O)[C@@H](c2ccc(OCC)c(OCC)c2)C(C(=O)OC)=CN=3)cc(I)cc1OC. The second-order valence-corrected chi connectivity index (χ2v) is 10.5. The van der Waals surface area contributed by atoms with Crippen molar-refractivity contribution in [2.24, 2.45) is 4.99 Å². The highest BCUT2D eigenvalue weighted by atomic mass is 127. The topological polar surface area (TPSA) is 97.6 Å². The molecule has 2 heterocycles. The second kappa shape index (κ2) is 13.1. The molecule has 3 aromatic rings. The van der Waals surface area contributed by atoms with Gasteiger partial charge in [-0.15, -0.1) is 6.42 Å². The Morgan fingerprint density at radius 3 is 2.55 bits per heavy atom. The normalized spacial score (nSPS) is 14.3. The first-order chi connectivity index (χ1) is 19.4. The lowest BCUT2D eigenvalue weighted by molar-refractivity contribution is -0.136. The zero-order valence-electron chi connectivity index (χ0n) is 22.4. The number of carbonyl (C=O) groups is 1. The Balaban J connectivity index is 1.94. The van der Waals surface area contributed by atoms with Crippen molar-refractivity contribution < 1.29 is 28.5 Å². The fraction of sp³-hybridized carbons (Fsp3) is 0.276. The molecular weight excluding hydrogens is 647 g/mol. The zero-order valence-corrected chi connectivity index (χ0v) is 25.3. The number of hydrogen-bond donors (Lipinski definition) is 0. The number of hydrogen-bond acceptors (Lipinski definition) is 9. The van der Waals surface area contributed by atoms with Crippen LogP contribution in [0.2, 0.25) is 0 Å². The van der Waals surface area contributed by atoms with E-state index in [0.717, 1.165) is 3.57 Å². The number of terminal acetylenes is 1. The third-order valence-corrected chi connectivity index (χ3v) is 7.48. The molecule has 1 aromatic heterocycles. The molecule has 2 aromatic carbocycles. The van der Waals surface area contributed by atoms with Crippen LogP contribution in [0.5, 0.6) is 23.0 Å². The Hall–Kier alpha value is -3.76. The number of halogens is 1. The van der Waals surface area contributed by atoms with Crippen LogP contribution in [-0.2, 0) is 9.53 Å². The summed E-state index contributed by atoms with van der Waals surface area (Å²) in [6.45, 7) is 4.65. The first-order valence-corrected chi connectivity index (χ1v) is 14.2. The van der Waals surface area contributed by atoms with Crippen LogP contribution >= 0.6 is 33.9 Å². The van der Waals surface area contributed by atoms with E-state index >= 15 is 0 Å². The molecule has 40 heavy (non-hydrogen) atoms. The van der Waals surface area contributed by atoms with Crippen LogP contribution in [0.1, 0.15) is 31.0 Å². The summed E-state index contributed by atoms with van der Waals surface area (Å²) in [5.41, 5.74) is 1.13. The summed E-state index contributed by atoms with van der Waals surface area (Å²) in [7, 11) is 2.82. The van der Waals surface area contributed by atoms with Crippen LogP contribution in [0.15, 0.2) is 51.9 Å². The highest BCUT2D eigenvalue weighted by Gasteiger charge is 2.31. The van der Waals surface area contributed by atoms with Crippen molar-refractivity contribution in [3.8, 4) is 35.3 Å². The molecule has 0 fully saturated rings. The minimum atomic E-state index is -0.802. The van der Waals surface area contributed by atoms with Crippen molar-refractivity contribution in [3.05, 3.63) is 76.5 Å². The quantitative estimate of drug-likeness (QED) is 0.185. The van der Waals surface area contributed by atoms with Crippen molar-refractivity contribution in [1.82, 2.24) is 4.57 Å². The average Bonchev–Trinajstić information content (AvgIpc) is 3.27. The number of ether oxygens (including phenoxy) is 5. The Bertz CT molecular complexity index is 1680. The lowest BCUT2D eigenvalue weighted by Gasteiger charge is -2.23. The van der Waals surface area contributed by atoms with Gasteiger partial charge >= 0.3 is 5.97 Å². The van der Waals surface area contributed by atoms with E-state index in [1.165, 1.54) is 36.3 Å². The number of esters is 1. The first-order valence-electron chi connectivity index (χ1n) is 12.3. The van der Waals surface area contributed by atoms with Crippen molar-refractivity contribution in [2.75, 3.05) is 34.0 Å². The standard InChI is InChI=1S/C29H27IN2O7S/c1-6-11-39-26-18(12-19(30)15-23(26)35-4)14-24-27(33)32-25(20(28(34)36-5)16-31-29(32)40-24)17-9-10-21(37-7-2)22(13-17)38-8-3/h1,9-10,12-16,25H,7-8,11H2,2-5H3/b24-14+/t25-/m0/s1. The van der Waals surface area contributed by atoms with E-state index in [1.54, 1.807) is 24.3 Å². The summed E-state index contributed by atoms with van der Waals surface area (Å²) >= 11 is 3.35.